The lowest BCUT2D eigenvalue weighted by Gasteiger charge is -2.09. The quantitative estimate of drug-likeness (QED) is 0.358. The Morgan fingerprint density at radius 3 is 2.55 bits per heavy atom. The topological polar surface area (TPSA) is 97.1 Å². The van der Waals surface area contributed by atoms with Gasteiger partial charge in [0.15, 0.2) is 11.2 Å². The fourth-order valence-corrected chi connectivity index (χ4v) is 3.44. The number of hydrogen-bond donors (Lipinski definition) is 2. The molecule has 0 saturated carbocycles. The Hall–Kier alpha value is -3.65. The van der Waals surface area contributed by atoms with Gasteiger partial charge in [-0.15, -0.1) is 0 Å². The number of aryl methyl sites for hydroxylation is 3. The molecule has 2 aromatic heterocycles. The summed E-state index contributed by atoms with van der Waals surface area (Å²) in [6, 6.07) is 17.3. The molecule has 0 aliphatic carbocycles. The highest BCUT2D eigenvalue weighted by atomic mass is 35.5. The molecule has 0 spiro atoms. The Morgan fingerprint density at radius 2 is 1.84 bits per heavy atom. The minimum atomic E-state index is -0.516. The van der Waals surface area contributed by atoms with Gasteiger partial charge in [0.05, 0.1) is 5.71 Å². The monoisotopic (exact) mass is 436 g/mol. The Balaban J connectivity index is 1.74. The molecule has 0 aliphatic rings. The van der Waals surface area contributed by atoms with Gasteiger partial charge in [-0.05, 0) is 36.6 Å². The first-order valence-electron chi connectivity index (χ1n) is 9.74. The summed E-state index contributed by atoms with van der Waals surface area (Å²) in [7, 11) is 1.57. The Bertz CT molecular complexity index is 1370. The minimum Gasteiger partial charge on any atom is -0.303 e. The van der Waals surface area contributed by atoms with Gasteiger partial charge >= 0.3 is 5.69 Å². The molecule has 0 radical (unpaired) electrons. The first-order valence-corrected chi connectivity index (χ1v) is 10.1. The molecule has 0 saturated heterocycles. The number of hydrazone groups is 1. The maximum Gasteiger partial charge on any atom is 0.329 e. The van der Waals surface area contributed by atoms with Gasteiger partial charge in [-0.25, -0.2) is 10.2 Å². The van der Waals surface area contributed by atoms with Crippen molar-refractivity contribution in [2.24, 2.45) is 12.1 Å². The van der Waals surface area contributed by atoms with Crippen LogP contribution in [0, 0.1) is 0 Å². The van der Waals surface area contributed by atoms with E-state index in [-0.39, 0.29) is 0 Å². The number of H-pyrrole nitrogens is 1. The van der Waals surface area contributed by atoms with Crippen LogP contribution in [-0.4, -0.2) is 24.8 Å². The first-order chi connectivity index (χ1) is 14.9. The van der Waals surface area contributed by atoms with Crippen LogP contribution in [0.25, 0.3) is 11.2 Å². The molecule has 8 nitrogen and oxygen atoms in total. The van der Waals surface area contributed by atoms with E-state index < -0.39 is 11.2 Å². The van der Waals surface area contributed by atoms with Gasteiger partial charge in [0.25, 0.3) is 5.56 Å². The normalized spacial score (nSPS) is 11.8. The summed E-state index contributed by atoms with van der Waals surface area (Å²) in [5.74, 6) is 0.381. The lowest BCUT2D eigenvalue weighted by atomic mass is 10.1. The van der Waals surface area contributed by atoms with Gasteiger partial charge in [-0.1, -0.05) is 54.1 Å². The molecule has 158 valence electrons. The molecule has 2 aromatic carbocycles. The van der Waals surface area contributed by atoms with E-state index in [1.165, 1.54) is 4.57 Å². The van der Waals surface area contributed by atoms with E-state index in [0.717, 1.165) is 16.8 Å². The van der Waals surface area contributed by atoms with Crippen molar-refractivity contribution in [1.82, 2.24) is 19.1 Å². The molecule has 0 bridgehead atoms. The summed E-state index contributed by atoms with van der Waals surface area (Å²) in [6.45, 7) is 2.34. The smallest absolute Gasteiger partial charge is 0.303 e. The molecule has 2 N–H and O–H groups in total. The number of anilines is 1. The van der Waals surface area contributed by atoms with Crippen LogP contribution in [0.3, 0.4) is 0 Å². The van der Waals surface area contributed by atoms with Crippen LogP contribution in [0.2, 0.25) is 5.02 Å². The summed E-state index contributed by atoms with van der Waals surface area (Å²) in [5, 5.41) is 5.07. The highest BCUT2D eigenvalue weighted by molar-refractivity contribution is 6.30. The number of nitrogens with zero attached hydrogens (tertiary/aromatic N) is 4. The molecule has 31 heavy (non-hydrogen) atoms. The average Bonchev–Trinajstić information content (AvgIpc) is 3.15. The van der Waals surface area contributed by atoms with Crippen molar-refractivity contribution in [2.75, 3.05) is 5.43 Å². The average molecular weight is 437 g/mol. The van der Waals surface area contributed by atoms with E-state index in [9.17, 15) is 9.59 Å². The number of fused-ring (bicyclic) bond motifs is 1. The number of imidazole rings is 1. The van der Waals surface area contributed by atoms with Crippen molar-refractivity contribution < 1.29 is 0 Å². The third-order valence-electron chi connectivity index (χ3n) is 5.06. The second-order valence-electron chi connectivity index (χ2n) is 7.13. The summed E-state index contributed by atoms with van der Waals surface area (Å²) in [5.41, 5.74) is 5.32. The number of aromatic nitrogens is 4. The van der Waals surface area contributed by atoms with Crippen molar-refractivity contribution in [3.63, 3.8) is 0 Å². The predicted octanol–water partition coefficient (Wildman–Crippen LogP) is 3.16. The van der Waals surface area contributed by atoms with Crippen molar-refractivity contribution >= 4 is 34.4 Å². The maximum atomic E-state index is 12.6. The molecule has 0 atom stereocenters. The zero-order chi connectivity index (χ0) is 22.0. The zero-order valence-electron chi connectivity index (χ0n) is 17.1. The largest absolute Gasteiger partial charge is 0.329 e. The van der Waals surface area contributed by atoms with Crippen LogP contribution in [0.4, 0.5) is 5.95 Å². The van der Waals surface area contributed by atoms with E-state index in [4.69, 9.17) is 11.6 Å². The number of rotatable bonds is 6. The van der Waals surface area contributed by atoms with Crippen molar-refractivity contribution in [1.29, 1.82) is 0 Å². The molecular weight excluding hydrogens is 416 g/mol. The number of nitrogens with one attached hydrogen (secondary N) is 2. The zero-order valence-corrected chi connectivity index (χ0v) is 17.8. The predicted molar refractivity (Wildman–Crippen MR) is 123 cm³/mol. The highest BCUT2D eigenvalue weighted by Gasteiger charge is 2.17. The summed E-state index contributed by atoms with van der Waals surface area (Å²) in [4.78, 5) is 31.5. The Morgan fingerprint density at radius 1 is 1.13 bits per heavy atom. The summed E-state index contributed by atoms with van der Waals surface area (Å²) in [6.07, 6.45) is 0.684. The van der Waals surface area contributed by atoms with Gasteiger partial charge in [-0.3, -0.25) is 14.3 Å². The minimum absolute atomic E-state index is 0.295. The van der Waals surface area contributed by atoms with Crippen LogP contribution >= 0.6 is 11.6 Å². The van der Waals surface area contributed by atoms with Gasteiger partial charge in [0.1, 0.15) is 0 Å². The SMILES string of the molecule is C/C(=N\Nc1nc2c(c(=O)[nH]c(=O)n2C)n1CCc1ccccc1)c1ccc(Cl)cc1. The van der Waals surface area contributed by atoms with Crippen LogP contribution in [0.1, 0.15) is 18.1 Å². The third-order valence-corrected chi connectivity index (χ3v) is 5.31. The molecule has 0 aliphatic heterocycles. The standard InChI is InChI=1S/C22H21ClN6O2/c1-14(16-8-10-17(23)11-9-16)26-27-21-24-19-18(20(30)25-22(31)28(19)2)29(21)13-12-15-6-4-3-5-7-15/h3-11H,12-13H2,1-2H3,(H,24,27)(H,25,30,31)/b26-14+. The summed E-state index contributed by atoms with van der Waals surface area (Å²) >= 11 is 5.95. The van der Waals surface area contributed by atoms with Gasteiger partial charge < -0.3 is 4.57 Å². The number of halogens is 1. The van der Waals surface area contributed by atoms with E-state index in [2.05, 4.69) is 20.5 Å². The van der Waals surface area contributed by atoms with Crippen molar-refractivity contribution in [2.45, 2.75) is 19.9 Å². The fourth-order valence-electron chi connectivity index (χ4n) is 3.31. The van der Waals surface area contributed by atoms with Crippen molar-refractivity contribution in [3.05, 3.63) is 91.6 Å². The molecule has 2 heterocycles. The molecule has 0 unspecified atom stereocenters. The Labute approximate surface area is 182 Å². The van der Waals surface area contributed by atoms with Gasteiger partial charge in [-0.2, -0.15) is 10.1 Å². The molecule has 9 heteroatoms. The fraction of sp³-hybridized carbons (Fsp3) is 0.182. The van der Waals surface area contributed by atoms with E-state index in [0.29, 0.717) is 35.1 Å². The first kappa shape index (κ1) is 20.6. The van der Waals surface area contributed by atoms with Crippen LogP contribution in [0.15, 0.2) is 69.3 Å². The third kappa shape index (κ3) is 4.29. The second-order valence-corrected chi connectivity index (χ2v) is 7.57. The molecule has 4 rings (SSSR count). The van der Waals surface area contributed by atoms with Gasteiger partial charge in [0.2, 0.25) is 5.95 Å². The lowest BCUT2D eigenvalue weighted by molar-refractivity contribution is 0.716. The van der Waals surface area contributed by atoms with E-state index >= 15 is 0 Å². The highest BCUT2D eigenvalue weighted by Crippen LogP contribution is 2.17. The lowest BCUT2D eigenvalue weighted by Crippen LogP contribution is -2.29. The number of hydrogen-bond acceptors (Lipinski definition) is 5. The molecule has 0 amide bonds. The Kier molecular flexibility index (Phi) is 5.73. The van der Waals surface area contributed by atoms with E-state index in [1.807, 2.05) is 49.4 Å². The number of aromatic amines is 1. The van der Waals surface area contributed by atoms with Crippen molar-refractivity contribution in [3.8, 4) is 0 Å². The molecule has 4 aromatic rings. The molecule has 0 fully saturated rings. The van der Waals surface area contributed by atoms with Crippen LogP contribution in [0.5, 0.6) is 0 Å². The molecular formula is C22H21ClN6O2. The van der Waals surface area contributed by atoms with Crippen LogP contribution < -0.4 is 16.7 Å². The van der Waals surface area contributed by atoms with E-state index in [1.54, 1.807) is 23.7 Å². The van der Waals surface area contributed by atoms with Crippen LogP contribution in [-0.2, 0) is 20.0 Å². The van der Waals surface area contributed by atoms with Gasteiger partial charge in [0, 0.05) is 18.6 Å². The second kappa shape index (κ2) is 8.61. The maximum absolute atomic E-state index is 12.6. The summed E-state index contributed by atoms with van der Waals surface area (Å²) < 4.78 is 3.07. The number of benzene rings is 2.